The molecular formula is C11H21N5. The van der Waals surface area contributed by atoms with Crippen LogP contribution in [0.1, 0.15) is 32.4 Å². The molecule has 0 aliphatic rings. The van der Waals surface area contributed by atoms with Crippen molar-refractivity contribution in [1.29, 1.82) is 0 Å². The average molecular weight is 223 g/mol. The van der Waals surface area contributed by atoms with E-state index in [2.05, 4.69) is 34.1 Å². The Morgan fingerprint density at radius 1 is 1.38 bits per heavy atom. The van der Waals surface area contributed by atoms with Crippen molar-refractivity contribution < 1.29 is 0 Å². The third-order valence-corrected chi connectivity index (χ3v) is 2.46. The van der Waals surface area contributed by atoms with Gasteiger partial charge >= 0.3 is 0 Å². The van der Waals surface area contributed by atoms with Crippen LogP contribution in [0.15, 0.2) is 6.07 Å². The Kier molecular flexibility index (Phi) is 4.98. The second kappa shape index (κ2) is 6.27. The lowest BCUT2D eigenvalue weighted by Gasteiger charge is -2.22. The van der Waals surface area contributed by atoms with Gasteiger partial charge in [0.15, 0.2) is 0 Å². The van der Waals surface area contributed by atoms with Crippen LogP contribution in [0, 0.1) is 6.92 Å². The van der Waals surface area contributed by atoms with Crippen molar-refractivity contribution in [3.05, 3.63) is 11.8 Å². The molecule has 0 aromatic carbocycles. The van der Waals surface area contributed by atoms with Crippen LogP contribution in [0.5, 0.6) is 0 Å². The van der Waals surface area contributed by atoms with Crippen LogP contribution in [-0.2, 0) is 0 Å². The molecule has 0 saturated carbocycles. The predicted molar refractivity (Wildman–Crippen MR) is 67.4 cm³/mol. The van der Waals surface area contributed by atoms with E-state index in [1.807, 2.05) is 13.0 Å². The molecule has 0 saturated heterocycles. The van der Waals surface area contributed by atoms with Crippen LogP contribution in [0.2, 0.25) is 0 Å². The average Bonchev–Trinajstić information content (AvgIpc) is 2.29. The number of rotatable bonds is 6. The number of nitrogens with one attached hydrogen (secondary N) is 1. The number of nitrogens with zero attached hydrogens (tertiary/aromatic N) is 3. The van der Waals surface area contributed by atoms with Gasteiger partial charge in [-0.05, 0) is 20.3 Å². The Hall–Kier alpha value is -1.36. The molecule has 0 unspecified atom stereocenters. The van der Waals surface area contributed by atoms with Crippen molar-refractivity contribution in [2.45, 2.75) is 33.6 Å². The second-order valence-corrected chi connectivity index (χ2v) is 3.77. The van der Waals surface area contributed by atoms with E-state index in [1.165, 1.54) is 12.8 Å². The number of nitrogen functional groups attached to an aromatic ring is 1. The zero-order valence-corrected chi connectivity index (χ0v) is 10.3. The first-order valence-electron chi connectivity index (χ1n) is 5.78. The number of hydrogen-bond donors (Lipinski definition) is 2. The summed E-state index contributed by atoms with van der Waals surface area (Å²) in [5, 5.41) is 0. The maximum absolute atomic E-state index is 5.34. The summed E-state index contributed by atoms with van der Waals surface area (Å²) in [6, 6.07) is 1.99. The quantitative estimate of drug-likeness (QED) is 0.567. The highest BCUT2D eigenvalue weighted by molar-refractivity contribution is 5.44. The van der Waals surface area contributed by atoms with Gasteiger partial charge in [-0.1, -0.05) is 13.3 Å². The van der Waals surface area contributed by atoms with Gasteiger partial charge in [-0.3, -0.25) is 5.43 Å². The van der Waals surface area contributed by atoms with Crippen molar-refractivity contribution in [1.82, 2.24) is 9.97 Å². The van der Waals surface area contributed by atoms with Gasteiger partial charge < -0.3 is 4.90 Å². The normalized spacial score (nSPS) is 10.2. The molecule has 16 heavy (non-hydrogen) atoms. The molecule has 1 rings (SSSR count). The smallest absolute Gasteiger partial charge is 0.239 e. The van der Waals surface area contributed by atoms with Crippen LogP contribution in [-0.4, -0.2) is 23.1 Å². The Labute approximate surface area is 97.0 Å². The zero-order chi connectivity index (χ0) is 12.0. The van der Waals surface area contributed by atoms with Crippen LogP contribution >= 0.6 is 0 Å². The molecule has 5 nitrogen and oxygen atoms in total. The van der Waals surface area contributed by atoms with Crippen molar-refractivity contribution in [2.75, 3.05) is 23.4 Å². The van der Waals surface area contributed by atoms with Crippen molar-refractivity contribution >= 4 is 11.8 Å². The number of hydrazine groups is 1. The second-order valence-electron chi connectivity index (χ2n) is 3.77. The summed E-state index contributed by atoms with van der Waals surface area (Å²) in [4.78, 5) is 10.8. The minimum atomic E-state index is 0.477. The number of hydrogen-bond acceptors (Lipinski definition) is 5. The van der Waals surface area contributed by atoms with Gasteiger partial charge in [0.05, 0.1) is 0 Å². The van der Waals surface area contributed by atoms with Crippen LogP contribution in [0.3, 0.4) is 0 Å². The van der Waals surface area contributed by atoms with E-state index in [1.54, 1.807) is 0 Å². The molecule has 1 aromatic rings. The minimum absolute atomic E-state index is 0.477. The SMILES string of the molecule is CCCCN(CC)c1cc(C)nc(NN)n1. The van der Waals surface area contributed by atoms with E-state index >= 15 is 0 Å². The fourth-order valence-corrected chi connectivity index (χ4v) is 1.56. The molecule has 0 fully saturated rings. The molecule has 1 aromatic heterocycles. The van der Waals surface area contributed by atoms with Gasteiger partial charge in [-0.15, -0.1) is 0 Å². The number of nitrogens with two attached hydrogens (primary N) is 1. The largest absolute Gasteiger partial charge is 0.357 e. The molecule has 90 valence electrons. The molecule has 5 heteroatoms. The molecule has 0 aliphatic carbocycles. The summed E-state index contributed by atoms with van der Waals surface area (Å²) >= 11 is 0. The summed E-state index contributed by atoms with van der Waals surface area (Å²) in [6.45, 7) is 8.22. The fourth-order valence-electron chi connectivity index (χ4n) is 1.56. The number of aromatic nitrogens is 2. The van der Waals surface area contributed by atoms with Gasteiger partial charge in [0.25, 0.3) is 0 Å². The van der Waals surface area contributed by atoms with E-state index in [0.717, 1.165) is 24.6 Å². The van der Waals surface area contributed by atoms with Crippen LogP contribution in [0.4, 0.5) is 11.8 Å². The van der Waals surface area contributed by atoms with Crippen LogP contribution < -0.4 is 16.2 Å². The van der Waals surface area contributed by atoms with E-state index in [0.29, 0.717) is 5.95 Å². The number of unbranched alkanes of at least 4 members (excludes halogenated alkanes) is 1. The van der Waals surface area contributed by atoms with Gasteiger partial charge in [0.2, 0.25) is 5.95 Å². The van der Waals surface area contributed by atoms with Gasteiger partial charge in [-0.2, -0.15) is 4.98 Å². The molecule has 0 radical (unpaired) electrons. The van der Waals surface area contributed by atoms with Gasteiger partial charge in [0.1, 0.15) is 5.82 Å². The maximum atomic E-state index is 5.34. The third kappa shape index (κ3) is 3.34. The first-order valence-corrected chi connectivity index (χ1v) is 5.78. The van der Waals surface area contributed by atoms with Crippen molar-refractivity contribution in [2.24, 2.45) is 5.84 Å². The summed E-state index contributed by atoms with van der Waals surface area (Å²) in [7, 11) is 0. The highest BCUT2D eigenvalue weighted by atomic mass is 15.3. The number of aryl methyl sites for hydroxylation is 1. The zero-order valence-electron chi connectivity index (χ0n) is 10.3. The molecule has 0 amide bonds. The molecular weight excluding hydrogens is 202 g/mol. The topological polar surface area (TPSA) is 67.1 Å². The lowest BCUT2D eigenvalue weighted by Crippen LogP contribution is -2.26. The number of anilines is 2. The van der Waals surface area contributed by atoms with Crippen LogP contribution in [0.25, 0.3) is 0 Å². The van der Waals surface area contributed by atoms with Crippen molar-refractivity contribution in [3.63, 3.8) is 0 Å². The first-order chi connectivity index (χ1) is 7.71. The molecule has 3 N–H and O–H groups in total. The van der Waals surface area contributed by atoms with E-state index < -0.39 is 0 Å². The predicted octanol–water partition coefficient (Wildman–Crippen LogP) is 1.70. The maximum Gasteiger partial charge on any atom is 0.239 e. The Bertz CT molecular complexity index is 326. The Balaban J connectivity index is 2.86. The van der Waals surface area contributed by atoms with E-state index in [9.17, 15) is 0 Å². The Morgan fingerprint density at radius 2 is 2.12 bits per heavy atom. The lowest BCUT2D eigenvalue weighted by molar-refractivity contribution is 0.722. The van der Waals surface area contributed by atoms with E-state index in [-0.39, 0.29) is 0 Å². The summed E-state index contributed by atoms with van der Waals surface area (Å²) in [6.07, 6.45) is 2.35. The monoisotopic (exact) mass is 223 g/mol. The Morgan fingerprint density at radius 3 is 2.69 bits per heavy atom. The van der Waals surface area contributed by atoms with E-state index in [4.69, 9.17) is 5.84 Å². The van der Waals surface area contributed by atoms with Gasteiger partial charge in [0, 0.05) is 24.8 Å². The highest BCUT2D eigenvalue weighted by Crippen LogP contribution is 2.14. The third-order valence-electron chi connectivity index (χ3n) is 2.46. The molecule has 1 heterocycles. The summed E-state index contributed by atoms with van der Waals surface area (Å²) < 4.78 is 0. The summed E-state index contributed by atoms with van der Waals surface area (Å²) in [5.74, 6) is 6.75. The first kappa shape index (κ1) is 12.7. The fraction of sp³-hybridized carbons (Fsp3) is 0.636. The molecule has 0 aliphatic heterocycles. The standard InChI is InChI=1S/C11H21N5/c1-4-6-7-16(5-2)10-8-9(3)13-11(14-10)15-12/h8H,4-7,12H2,1-3H3,(H,13,14,15). The molecule has 0 spiro atoms. The van der Waals surface area contributed by atoms with Crippen molar-refractivity contribution in [3.8, 4) is 0 Å². The molecule has 0 bridgehead atoms. The molecule has 0 atom stereocenters. The summed E-state index contributed by atoms with van der Waals surface area (Å²) in [5.41, 5.74) is 3.42. The lowest BCUT2D eigenvalue weighted by atomic mass is 10.3. The van der Waals surface area contributed by atoms with Gasteiger partial charge in [-0.25, -0.2) is 10.8 Å². The highest BCUT2D eigenvalue weighted by Gasteiger charge is 2.07. The minimum Gasteiger partial charge on any atom is -0.357 e.